The first kappa shape index (κ1) is 25.7. The van der Waals surface area contributed by atoms with E-state index in [0.29, 0.717) is 23.3 Å². The maximum absolute atomic E-state index is 12.8. The average Bonchev–Trinajstić information content (AvgIpc) is 3.15. The van der Waals surface area contributed by atoms with Crippen molar-refractivity contribution in [1.29, 1.82) is 0 Å². The highest BCUT2D eigenvalue weighted by Gasteiger charge is 2.32. The van der Waals surface area contributed by atoms with E-state index in [1.807, 2.05) is 4.90 Å². The number of nitrogens with zero attached hydrogens (tertiary/aromatic N) is 2. The molecule has 1 fully saturated rings. The second-order valence-corrected chi connectivity index (χ2v) is 11.6. The Balaban J connectivity index is 2.07. The van der Waals surface area contributed by atoms with Crippen LogP contribution in [0.2, 0.25) is 0 Å². The Labute approximate surface area is 191 Å². The van der Waals surface area contributed by atoms with Crippen molar-refractivity contribution in [2.75, 3.05) is 24.5 Å². The number of likely N-dealkylation sites (tertiary alicyclic amines) is 1. The number of nitrogens with two attached hydrogens (primary N) is 1. The highest BCUT2D eigenvalue weighted by molar-refractivity contribution is 5.82. The lowest BCUT2D eigenvalue weighted by Crippen LogP contribution is -2.45. The standard InChI is InChI=1S/C27H47N3O/c1-20(2)13-17-30(23-10-8-22(9-11-23)12-15-27(5,6)7)24-14-16-29(19-24)26(31)25(28)18-21(3)4/h8-11,20-21,24-25H,12-19,28H2,1-7H3/t24-,25?/m0/s1. The van der Waals surface area contributed by atoms with Crippen molar-refractivity contribution in [2.24, 2.45) is 23.0 Å². The van der Waals surface area contributed by atoms with Crippen LogP contribution in [0.4, 0.5) is 5.69 Å². The maximum Gasteiger partial charge on any atom is 0.239 e. The average molecular weight is 430 g/mol. The maximum atomic E-state index is 12.8. The molecule has 2 rings (SSSR count). The van der Waals surface area contributed by atoms with Gasteiger partial charge >= 0.3 is 0 Å². The molecule has 1 heterocycles. The summed E-state index contributed by atoms with van der Waals surface area (Å²) in [6, 6.07) is 9.15. The van der Waals surface area contributed by atoms with Crippen LogP contribution < -0.4 is 10.6 Å². The van der Waals surface area contributed by atoms with Crippen molar-refractivity contribution in [1.82, 2.24) is 4.90 Å². The van der Waals surface area contributed by atoms with Gasteiger partial charge in [0.15, 0.2) is 0 Å². The Bertz CT molecular complexity index is 675. The Morgan fingerprint density at radius 3 is 2.32 bits per heavy atom. The molecular weight excluding hydrogens is 382 g/mol. The van der Waals surface area contributed by atoms with Gasteiger partial charge in [0.1, 0.15) is 0 Å². The smallest absolute Gasteiger partial charge is 0.239 e. The largest absolute Gasteiger partial charge is 0.367 e. The van der Waals surface area contributed by atoms with E-state index in [1.165, 1.54) is 17.7 Å². The molecule has 1 amide bonds. The van der Waals surface area contributed by atoms with Crippen LogP contribution in [0.3, 0.4) is 0 Å². The van der Waals surface area contributed by atoms with Gasteiger partial charge in [0.2, 0.25) is 5.91 Å². The van der Waals surface area contributed by atoms with Gasteiger partial charge in [-0.05, 0) is 67.1 Å². The highest BCUT2D eigenvalue weighted by atomic mass is 16.2. The summed E-state index contributed by atoms with van der Waals surface area (Å²) >= 11 is 0. The van der Waals surface area contributed by atoms with Crippen LogP contribution in [0.15, 0.2) is 24.3 Å². The minimum atomic E-state index is -0.370. The van der Waals surface area contributed by atoms with Crippen molar-refractivity contribution in [2.45, 2.75) is 92.7 Å². The number of anilines is 1. The van der Waals surface area contributed by atoms with Gasteiger partial charge in [-0.3, -0.25) is 4.79 Å². The van der Waals surface area contributed by atoms with Crippen LogP contribution in [-0.4, -0.2) is 42.5 Å². The normalized spacial score (nSPS) is 18.1. The number of carbonyl (C=O) groups is 1. The number of hydrogen-bond acceptors (Lipinski definition) is 3. The zero-order valence-electron chi connectivity index (χ0n) is 21.2. The molecule has 0 saturated carbocycles. The molecule has 4 heteroatoms. The summed E-state index contributed by atoms with van der Waals surface area (Å²) < 4.78 is 0. The van der Waals surface area contributed by atoms with E-state index in [2.05, 4.69) is 77.6 Å². The van der Waals surface area contributed by atoms with E-state index in [4.69, 9.17) is 5.73 Å². The summed E-state index contributed by atoms with van der Waals surface area (Å²) in [7, 11) is 0. The van der Waals surface area contributed by atoms with E-state index in [0.717, 1.165) is 45.3 Å². The lowest BCUT2D eigenvalue weighted by atomic mass is 9.89. The molecule has 2 N–H and O–H groups in total. The van der Waals surface area contributed by atoms with Gasteiger partial charge in [-0.25, -0.2) is 0 Å². The molecule has 0 aromatic heterocycles. The van der Waals surface area contributed by atoms with Gasteiger partial charge in [0.05, 0.1) is 6.04 Å². The Morgan fingerprint density at radius 1 is 1.13 bits per heavy atom. The van der Waals surface area contributed by atoms with Gasteiger partial charge < -0.3 is 15.5 Å². The van der Waals surface area contributed by atoms with Crippen LogP contribution in [0, 0.1) is 17.3 Å². The molecular formula is C27H47N3O. The lowest BCUT2D eigenvalue weighted by molar-refractivity contribution is -0.131. The second kappa shape index (κ2) is 11.4. The molecule has 176 valence electrons. The third-order valence-corrected chi connectivity index (χ3v) is 6.34. The summed E-state index contributed by atoms with van der Waals surface area (Å²) in [6.07, 6.45) is 5.25. The molecule has 1 aromatic carbocycles. The molecule has 1 saturated heterocycles. The molecule has 1 aliphatic rings. The van der Waals surface area contributed by atoms with Crippen molar-refractivity contribution in [3.05, 3.63) is 29.8 Å². The summed E-state index contributed by atoms with van der Waals surface area (Å²) in [5.74, 6) is 1.22. The van der Waals surface area contributed by atoms with Crippen molar-refractivity contribution >= 4 is 11.6 Å². The minimum absolute atomic E-state index is 0.123. The topological polar surface area (TPSA) is 49.6 Å². The Kier molecular flexibility index (Phi) is 9.42. The number of benzene rings is 1. The molecule has 2 atom stereocenters. The third kappa shape index (κ3) is 8.48. The van der Waals surface area contributed by atoms with Gasteiger partial charge in [0.25, 0.3) is 0 Å². The monoisotopic (exact) mass is 429 g/mol. The first-order valence-corrected chi connectivity index (χ1v) is 12.4. The van der Waals surface area contributed by atoms with E-state index in [-0.39, 0.29) is 11.9 Å². The van der Waals surface area contributed by atoms with Crippen molar-refractivity contribution in [3.8, 4) is 0 Å². The van der Waals surface area contributed by atoms with Crippen LogP contribution in [0.5, 0.6) is 0 Å². The number of amides is 1. The molecule has 0 radical (unpaired) electrons. The number of carbonyl (C=O) groups excluding carboxylic acids is 1. The number of aryl methyl sites for hydroxylation is 1. The van der Waals surface area contributed by atoms with E-state index < -0.39 is 0 Å². The predicted molar refractivity (Wildman–Crippen MR) is 133 cm³/mol. The molecule has 1 aliphatic heterocycles. The van der Waals surface area contributed by atoms with Crippen LogP contribution in [0.1, 0.15) is 79.7 Å². The quantitative estimate of drug-likeness (QED) is 0.535. The fraction of sp³-hybridized carbons (Fsp3) is 0.741. The lowest BCUT2D eigenvalue weighted by Gasteiger charge is -2.32. The molecule has 0 spiro atoms. The fourth-order valence-electron chi connectivity index (χ4n) is 4.33. The Hall–Kier alpha value is -1.55. The molecule has 4 nitrogen and oxygen atoms in total. The minimum Gasteiger partial charge on any atom is -0.367 e. The summed E-state index contributed by atoms with van der Waals surface area (Å²) in [6.45, 7) is 18.3. The number of rotatable bonds is 10. The zero-order chi connectivity index (χ0) is 23.2. The van der Waals surface area contributed by atoms with Crippen molar-refractivity contribution < 1.29 is 4.79 Å². The van der Waals surface area contributed by atoms with E-state index in [9.17, 15) is 4.79 Å². The van der Waals surface area contributed by atoms with Gasteiger partial charge in [0, 0.05) is 31.4 Å². The summed E-state index contributed by atoms with van der Waals surface area (Å²) in [4.78, 5) is 17.4. The molecule has 1 unspecified atom stereocenters. The summed E-state index contributed by atoms with van der Waals surface area (Å²) in [5, 5.41) is 0. The van der Waals surface area contributed by atoms with E-state index in [1.54, 1.807) is 0 Å². The fourth-order valence-corrected chi connectivity index (χ4v) is 4.33. The Morgan fingerprint density at radius 2 is 1.77 bits per heavy atom. The van der Waals surface area contributed by atoms with Crippen molar-refractivity contribution in [3.63, 3.8) is 0 Å². The highest BCUT2D eigenvalue weighted by Crippen LogP contribution is 2.27. The van der Waals surface area contributed by atoms with Gasteiger partial charge in [-0.2, -0.15) is 0 Å². The van der Waals surface area contributed by atoms with Crippen LogP contribution in [-0.2, 0) is 11.2 Å². The van der Waals surface area contributed by atoms with Crippen LogP contribution in [0.25, 0.3) is 0 Å². The first-order valence-electron chi connectivity index (χ1n) is 12.4. The second-order valence-electron chi connectivity index (χ2n) is 11.6. The number of hydrogen-bond donors (Lipinski definition) is 1. The van der Waals surface area contributed by atoms with E-state index >= 15 is 0 Å². The molecule has 0 bridgehead atoms. The molecule has 0 aliphatic carbocycles. The van der Waals surface area contributed by atoms with Crippen LogP contribution >= 0.6 is 0 Å². The van der Waals surface area contributed by atoms with Gasteiger partial charge in [-0.15, -0.1) is 0 Å². The molecule has 31 heavy (non-hydrogen) atoms. The molecule has 1 aromatic rings. The predicted octanol–water partition coefficient (Wildman–Crippen LogP) is 5.49. The first-order chi connectivity index (χ1) is 14.5. The SMILES string of the molecule is CC(C)CCN(c1ccc(CCC(C)(C)C)cc1)[C@H]1CCN(C(=O)C(N)CC(C)C)C1. The van der Waals surface area contributed by atoms with Gasteiger partial charge in [-0.1, -0.05) is 60.6 Å². The zero-order valence-corrected chi connectivity index (χ0v) is 21.2. The summed E-state index contributed by atoms with van der Waals surface area (Å²) in [5.41, 5.74) is 9.25. The third-order valence-electron chi connectivity index (χ3n) is 6.34.